The highest BCUT2D eigenvalue weighted by atomic mass is 28.4. The third kappa shape index (κ3) is 16.7. The molecule has 2 heterocycles. The van der Waals surface area contributed by atoms with Crippen LogP contribution in [0.25, 0.3) is 0 Å². The summed E-state index contributed by atoms with van der Waals surface area (Å²) in [6, 6.07) is 7.83. The number of nitro benzene ring substituents is 1. The summed E-state index contributed by atoms with van der Waals surface area (Å²) in [4.78, 5) is 51.8. The maximum Gasteiger partial charge on any atom is 0.514 e. The Morgan fingerprint density at radius 1 is 1.05 bits per heavy atom. The average molecular weight is 917 g/mol. The topological polar surface area (TPSA) is 175 Å². The highest BCUT2D eigenvalue weighted by Crippen LogP contribution is 2.38. The van der Waals surface area contributed by atoms with Crippen LogP contribution in [-0.4, -0.2) is 112 Å². The van der Waals surface area contributed by atoms with Gasteiger partial charge in [-0.2, -0.15) is 0 Å². The summed E-state index contributed by atoms with van der Waals surface area (Å²) in [5, 5.41) is 11.2. The monoisotopic (exact) mass is 917 g/mol. The van der Waals surface area contributed by atoms with E-state index in [1.165, 1.54) is 29.2 Å². The second-order valence-corrected chi connectivity index (χ2v) is 22.3. The highest BCUT2D eigenvalue weighted by Gasteiger charge is 2.46. The molecule has 1 amide bonds. The third-order valence-electron chi connectivity index (χ3n) is 12.6. The second kappa shape index (κ2) is 26.2. The molecule has 0 bridgehead atoms. The highest BCUT2D eigenvalue weighted by molar-refractivity contribution is 6.73. The molecular formula is C48H76N2O13Si. The van der Waals surface area contributed by atoms with Gasteiger partial charge in [-0.15, -0.1) is 0 Å². The van der Waals surface area contributed by atoms with Gasteiger partial charge in [0.1, 0.15) is 23.6 Å². The van der Waals surface area contributed by atoms with Gasteiger partial charge in [0.15, 0.2) is 14.4 Å². The average Bonchev–Trinajstić information content (AvgIpc) is 4.03. The van der Waals surface area contributed by atoms with Gasteiger partial charge in [-0.05, 0) is 94.3 Å². The van der Waals surface area contributed by atoms with Crippen molar-refractivity contribution >= 4 is 32.2 Å². The van der Waals surface area contributed by atoms with Crippen LogP contribution in [0.1, 0.15) is 101 Å². The fraction of sp³-hybridized carbons (Fsp3) is 0.688. The predicted molar refractivity (Wildman–Crippen MR) is 248 cm³/mol. The number of ether oxygens (including phenoxy) is 7. The maximum absolute atomic E-state index is 14.0. The van der Waals surface area contributed by atoms with E-state index < -0.39 is 43.3 Å². The van der Waals surface area contributed by atoms with Crippen molar-refractivity contribution in [1.82, 2.24) is 4.90 Å². The first-order valence-corrected chi connectivity index (χ1v) is 25.7. The molecule has 0 saturated carbocycles. The van der Waals surface area contributed by atoms with Crippen LogP contribution in [-0.2, 0) is 37.6 Å². The number of nitrogens with zero attached hydrogens (tertiary/aromatic N) is 2. The van der Waals surface area contributed by atoms with E-state index in [1.54, 1.807) is 20.2 Å². The lowest BCUT2D eigenvalue weighted by molar-refractivity contribution is -0.384. The lowest BCUT2D eigenvalue weighted by Crippen LogP contribution is -2.47. The molecule has 1 fully saturated rings. The first kappa shape index (κ1) is 54.2. The summed E-state index contributed by atoms with van der Waals surface area (Å²) in [5.41, 5.74) is -0.443. The second-order valence-electron chi connectivity index (χ2n) is 17.6. The number of allylic oxidation sites excluding steroid dienone is 3. The number of hydrogen-bond acceptors (Lipinski definition) is 13. The van der Waals surface area contributed by atoms with E-state index in [4.69, 9.17) is 37.6 Å². The van der Waals surface area contributed by atoms with Gasteiger partial charge in [0.2, 0.25) is 0 Å². The van der Waals surface area contributed by atoms with E-state index in [0.29, 0.717) is 32.5 Å². The van der Waals surface area contributed by atoms with Crippen molar-refractivity contribution in [3.63, 3.8) is 0 Å². The van der Waals surface area contributed by atoms with Crippen molar-refractivity contribution in [2.75, 3.05) is 33.9 Å². The van der Waals surface area contributed by atoms with Gasteiger partial charge in [-0.1, -0.05) is 72.8 Å². The first-order chi connectivity index (χ1) is 30.3. The molecule has 0 aliphatic carbocycles. The molecule has 1 saturated heterocycles. The number of hydrogen-bond donors (Lipinski definition) is 0. The Bertz CT molecular complexity index is 1720. The molecule has 10 unspecified atom stereocenters. The number of benzene rings is 1. The number of cyclic esters (lactones) is 1. The van der Waals surface area contributed by atoms with Crippen molar-refractivity contribution < 1.29 is 56.9 Å². The lowest BCUT2D eigenvalue weighted by atomic mass is 9.88. The summed E-state index contributed by atoms with van der Waals surface area (Å²) in [5.74, 6) is -0.426. The molecule has 0 spiro atoms. The Balaban J connectivity index is 1.93. The van der Waals surface area contributed by atoms with Crippen LogP contribution in [0, 0.1) is 27.9 Å². The van der Waals surface area contributed by atoms with Crippen LogP contribution in [0.3, 0.4) is 0 Å². The zero-order valence-electron chi connectivity index (χ0n) is 40.4. The molecule has 16 heteroatoms. The summed E-state index contributed by atoms with van der Waals surface area (Å²) in [6.45, 7) is 21.3. The zero-order valence-corrected chi connectivity index (χ0v) is 41.4. The number of carbonyl (C=O) groups is 3. The molecule has 0 N–H and O–H groups in total. The summed E-state index contributed by atoms with van der Waals surface area (Å²) >= 11 is 0. The van der Waals surface area contributed by atoms with Crippen molar-refractivity contribution in [2.45, 2.75) is 162 Å². The Labute approximate surface area is 382 Å². The van der Waals surface area contributed by atoms with Crippen molar-refractivity contribution in [1.29, 1.82) is 0 Å². The number of amides is 1. The predicted octanol–water partition coefficient (Wildman–Crippen LogP) is 10.4. The number of nitro groups is 1. The van der Waals surface area contributed by atoms with Gasteiger partial charge in [0.05, 0.1) is 42.9 Å². The van der Waals surface area contributed by atoms with Gasteiger partial charge in [-0.3, -0.25) is 14.9 Å². The minimum Gasteiger partial charge on any atom is -0.457 e. The van der Waals surface area contributed by atoms with Crippen LogP contribution in [0.4, 0.5) is 15.3 Å². The van der Waals surface area contributed by atoms with Gasteiger partial charge < -0.3 is 42.5 Å². The van der Waals surface area contributed by atoms with Gasteiger partial charge in [0.25, 0.3) is 5.69 Å². The molecule has 1 aromatic rings. The standard InChI is InChI=1S/C48H76N2O13Si/c1-13-40(60-46(52)49(11)12)36(9)45-41(59-45)31-33(6)19-18-20-34(7)44-35(8)21-26-42(61-47(53)58-38-24-22-37(23-25-38)50(54)55)48(10,57-30-29-56-14-2)28-27-39(32-43(51)62-44)63-64(15-3,16-4)17-5/h18-26,33,35-36,39-42,44-45H,13-17,27-32H2,1-12H3/b19-18+,26-21+,34-20+. The summed E-state index contributed by atoms with van der Waals surface area (Å²) in [6.07, 6.45) is 8.32. The van der Waals surface area contributed by atoms with Gasteiger partial charge in [0, 0.05) is 44.7 Å². The summed E-state index contributed by atoms with van der Waals surface area (Å²) in [7, 11) is 1.14. The molecule has 1 aromatic carbocycles. The number of epoxide rings is 1. The molecular weight excluding hydrogens is 841 g/mol. The molecule has 64 heavy (non-hydrogen) atoms. The maximum atomic E-state index is 14.0. The molecule has 2 aliphatic heterocycles. The molecule has 3 rings (SSSR count). The zero-order chi connectivity index (χ0) is 47.6. The number of non-ortho nitro benzene ring substituents is 1. The fourth-order valence-corrected chi connectivity index (χ4v) is 11.0. The van der Waals surface area contributed by atoms with Crippen LogP contribution < -0.4 is 4.74 Å². The normalized spacial score (nSPS) is 26.4. The van der Waals surface area contributed by atoms with Crippen LogP contribution in [0.5, 0.6) is 5.75 Å². The number of rotatable bonds is 22. The Morgan fingerprint density at radius 3 is 2.31 bits per heavy atom. The Hall–Kier alpha value is -4.09. The fourth-order valence-electron chi connectivity index (χ4n) is 8.13. The van der Waals surface area contributed by atoms with E-state index in [0.717, 1.165) is 30.1 Å². The van der Waals surface area contributed by atoms with E-state index in [1.807, 2.05) is 52.8 Å². The molecule has 0 aromatic heterocycles. The molecule has 360 valence electrons. The Kier molecular flexibility index (Phi) is 22.2. The van der Waals surface area contributed by atoms with Crippen molar-refractivity contribution in [3.05, 3.63) is 70.3 Å². The smallest absolute Gasteiger partial charge is 0.457 e. The van der Waals surface area contributed by atoms with Crippen LogP contribution in [0.15, 0.2) is 60.2 Å². The lowest BCUT2D eigenvalue weighted by Gasteiger charge is -2.39. The van der Waals surface area contributed by atoms with Crippen LogP contribution >= 0.6 is 0 Å². The van der Waals surface area contributed by atoms with E-state index in [9.17, 15) is 24.5 Å². The third-order valence-corrected chi connectivity index (χ3v) is 17.3. The molecule has 15 nitrogen and oxygen atoms in total. The van der Waals surface area contributed by atoms with Gasteiger partial charge >= 0.3 is 18.2 Å². The van der Waals surface area contributed by atoms with E-state index in [-0.39, 0.29) is 72.6 Å². The van der Waals surface area contributed by atoms with Crippen molar-refractivity contribution in [3.8, 4) is 5.75 Å². The largest absolute Gasteiger partial charge is 0.514 e. The summed E-state index contributed by atoms with van der Waals surface area (Å²) < 4.78 is 48.8. The van der Waals surface area contributed by atoms with E-state index >= 15 is 0 Å². The minimum atomic E-state index is -2.20. The number of carbonyl (C=O) groups excluding carboxylic acids is 3. The van der Waals surface area contributed by atoms with E-state index in [2.05, 4.69) is 40.7 Å². The quantitative estimate of drug-likeness (QED) is 0.0103. The molecule has 0 radical (unpaired) electrons. The first-order valence-electron chi connectivity index (χ1n) is 23.1. The minimum absolute atomic E-state index is 0.0119. The number of esters is 1. The molecule has 10 atom stereocenters. The molecule has 2 aliphatic rings. The van der Waals surface area contributed by atoms with Gasteiger partial charge in [-0.25, -0.2) is 9.59 Å². The SMILES string of the molecule is CCOCCOC1(C)CCC(O[Si](CC)(CC)CC)CC(=O)OC(/C(C)=C/C=C/C(C)CC2OC2C(C)C(CC)OC(=O)N(C)C)C(C)/C=C/C1OC(=O)Oc1ccc([N+](=O)[O-])cc1. The Morgan fingerprint density at radius 2 is 1.72 bits per heavy atom. The van der Waals surface area contributed by atoms with Crippen molar-refractivity contribution in [2.24, 2.45) is 17.8 Å². The van der Waals surface area contributed by atoms with Crippen LogP contribution in [0.2, 0.25) is 18.1 Å².